The van der Waals surface area contributed by atoms with Crippen LogP contribution in [-0.4, -0.2) is 28.1 Å². The molecule has 148 valence electrons. The molecule has 1 saturated heterocycles. The molecule has 0 spiro atoms. The van der Waals surface area contributed by atoms with Crippen molar-refractivity contribution in [1.29, 1.82) is 0 Å². The van der Waals surface area contributed by atoms with Gasteiger partial charge >= 0.3 is 0 Å². The van der Waals surface area contributed by atoms with Crippen molar-refractivity contribution in [2.24, 2.45) is 5.92 Å². The monoisotopic (exact) mass is 428 g/mol. The molecule has 0 aliphatic carbocycles. The Bertz CT molecular complexity index is 1050. The summed E-state index contributed by atoms with van der Waals surface area (Å²) in [6.45, 7) is 0.740. The van der Waals surface area contributed by atoms with Crippen LogP contribution >= 0.6 is 23.2 Å². The van der Waals surface area contributed by atoms with Crippen molar-refractivity contribution in [3.63, 3.8) is 0 Å². The normalized spacial score (nSPS) is 16.3. The maximum Gasteiger partial charge on any atom is 0.230 e. The van der Waals surface area contributed by atoms with Gasteiger partial charge in [0.15, 0.2) is 0 Å². The summed E-state index contributed by atoms with van der Waals surface area (Å²) in [6.07, 6.45) is 1.79. The first-order valence-electron chi connectivity index (χ1n) is 9.13. The van der Waals surface area contributed by atoms with Crippen LogP contribution < -0.4 is 10.2 Å². The summed E-state index contributed by atoms with van der Waals surface area (Å²) in [5.74, 6) is -0.143. The number of nitrogens with one attached hydrogen (secondary N) is 1. The van der Waals surface area contributed by atoms with Crippen LogP contribution in [0.15, 0.2) is 60.8 Å². The number of rotatable bonds is 5. The molecule has 1 fully saturated rings. The highest BCUT2D eigenvalue weighted by molar-refractivity contribution is 6.35. The lowest BCUT2D eigenvalue weighted by Crippen LogP contribution is -2.28. The Labute approximate surface area is 178 Å². The Morgan fingerprint density at radius 3 is 2.69 bits per heavy atom. The summed E-state index contributed by atoms with van der Waals surface area (Å²) in [7, 11) is 0. The van der Waals surface area contributed by atoms with Crippen molar-refractivity contribution in [3.05, 3.63) is 76.4 Å². The number of benzene rings is 2. The van der Waals surface area contributed by atoms with Gasteiger partial charge in [-0.2, -0.15) is 5.10 Å². The van der Waals surface area contributed by atoms with Crippen LogP contribution in [0.25, 0.3) is 0 Å². The molecule has 3 aromatic rings. The van der Waals surface area contributed by atoms with Crippen molar-refractivity contribution < 1.29 is 9.59 Å². The van der Waals surface area contributed by atoms with Crippen molar-refractivity contribution in [3.8, 4) is 0 Å². The highest BCUT2D eigenvalue weighted by Gasteiger charge is 2.35. The van der Waals surface area contributed by atoms with Gasteiger partial charge in [0, 0.05) is 34.8 Å². The van der Waals surface area contributed by atoms with Gasteiger partial charge in [-0.25, -0.2) is 4.68 Å². The molecule has 1 unspecified atom stereocenters. The second-order valence-corrected chi connectivity index (χ2v) is 7.68. The zero-order valence-corrected chi connectivity index (χ0v) is 16.9. The van der Waals surface area contributed by atoms with Gasteiger partial charge in [0.05, 0.1) is 18.7 Å². The fourth-order valence-corrected chi connectivity index (χ4v) is 3.81. The van der Waals surface area contributed by atoms with E-state index in [-0.39, 0.29) is 18.2 Å². The Hall–Kier alpha value is -2.83. The molecule has 2 heterocycles. The van der Waals surface area contributed by atoms with E-state index in [0.29, 0.717) is 29.0 Å². The molecule has 0 bridgehead atoms. The molecule has 1 atom stereocenters. The van der Waals surface area contributed by atoms with Gasteiger partial charge in [0.1, 0.15) is 5.82 Å². The van der Waals surface area contributed by atoms with Crippen LogP contribution in [0, 0.1) is 5.92 Å². The van der Waals surface area contributed by atoms with E-state index in [2.05, 4.69) is 10.4 Å². The van der Waals surface area contributed by atoms with E-state index < -0.39 is 5.92 Å². The maximum absolute atomic E-state index is 12.8. The van der Waals surface area contributed by atoms with Gasteiger partial charge in [-0.05, 0) is 29.8 Å². The number of para-hydroxylation sites is 1. The molecule has 1 aliphatic heterocycles. The average Bonchev–Trinajstić information content (AvgIpc) is 3.31. The topological polar surface area (TPSA) is 67.2 Å². The van der Waals surface area contributed by atoms with E-state index in [1.54, 1.807) is 34.0 Å². The first kappa shape index (κ1) is 19.5. The van der Waals surface area contributed by atoms with Gasteiger partial charge in [-0.1, -0.05) is 47.5 Å². The summed E-state index contributed by atoms with van der Waals surface area (Å²) in [6, 6.07) is 16.3. The number of carbonyl (C=O) groups is 2. The lowest BCUT2D eigenvalue weighted by Gasteiger charge is -2.16. The predicted octanol–water partition coefficient (Wildman–Crippen LogP) is 4.23. The highest BCUT2D eigenvalue weighted by Crippen LogP contribution is 2.26. The second kappa shape index (κ2) is 8.27. The van der Waals surface area contributed by atoms with Gasteiger partial charge in [-0.15, -0.1) is 0 Å². The van der Waals surface area contributed by atoms with Crippen molar-refractivity contribution in [1.82, 2.24) is 9.78 Å². The molecule has 0 radical (unpaired) electrons. The molecule has 29 heavy (non-hydrogen) atoms. The number of hydrogen-bond donors (Lipinski definition) is 1. The first-order valence-corrected chi connectivity index (χ1v) is 9.89. The fraction of sp³-hybridized carbons (Fsp3) is 0.190. The van der Waals surface area contributed by atoms with Crippen molar-refractivity contribution in [2.75, 3.05) is 16.8 Å². The Kier molecular flexibility index (Phi) is 5.56. The third-order valence-electron chi connectivity index (χ3n) is 4.87. The summed E-state index contributed by atoms with van der Waals surface area (Å²) >= 11 is 12.2. The zero-order valence-electron chi connectivity index (χ0n) is 15.4. The zero-order chi connectivity index (χ0) is 20.4. The number of amides is 2. The smallest absolute Gasteiger partial charge is 0.230 e. The van der Waals surface area contributed by atoms with E-state index in [0.717, 1.165) is 11.3 Å². The number of halogens is 2. The molecular formula is C21H18Cl2N4O2. The second-order valence-electron chi connectivity index (χ2n) is 6.84. The van der Waals surface area contributed by atoms with Gasteiger partial charge in [-0.3, -0.25) is 9.59 Å². The Balaban J connectivity index is 1.45. The largest absolute Gasteiger partial charge is 0.312 e. The third-order valence-corrected chi connectivity index (χ3v) is 5.45. The SMILES string of the molecule is O=C(Nc1ccnn1Cc1ccc(Cl)cc1Cl)C1CC(=O)N(c2ccccc2)C1. The van der Waals surface area contributed by atoms with Crippen LogP contribution in [-0.2, 0) is 16.1 Å². The lowest BCUT2D eigenvalue weighted by molar-refractivity contribution is -0.122. The molecule has 4 rings (SSSR count). The fourth-order valence-electron chi connectivity index (χ4n) is 3.35. The molecule has 1 aromatic heterocycles. The minimum atomic E-state index is -0.426. The summed E-state index contributed by atoms with van der Waals surface area (Å²) < 4.78 is 1.65. The molecule has 6 nitrogen and oxygen atoms in total. The van der Waals surface area contributed by atoms with E-state index in [4.69, 9.17) is 23.2 Å². The molecule has 2 amide bonds. The van der Waals surface area contributed by atoms with Crippen molar-refractivity contribution in [2.45, 2.75) is 13.0 Å². The standard InChI is InChI=1S/C21H18Cl2N4O2/c22-16-7-6-14(18(23)11-16)13-27-19(8-9-24-27)25-21(29)15-10-20(28)26(12-15)17-4-2-1-3-5-17/h1-9,11,15H,10,12-13H2,(H,25,29). The molecule has 0 saturated carbocycles. The first-order chi connectivity index (χ1) is 14.0. The van der Waals surface area contributed by atoms with E-state index in [1.807, 2.05) is 36.4 Å². The van der Waals surface area contributed by atoms with Gasteiger partial charge in [0.2, 0.25) is 11.8 Å². The van der Waals surface area contributed by atoms with Gasteiger partial charge < -0.3 is 10.2 Å². The molecule has 1 N–H and O–H groups in total. The van der Waals surface area contributed by atoms with Crippen LogP contribution in [0.2, 0.25) is 10.0 Å². The number of nitrogens with zero attached hydrogens (tertiary/aromatic N) is 3. The number of anilines is 2. The number of carbonyl (C=O) groups excluding carboxylic acids is 2. The number of hydrogen-bond acceptors (Lipinski definition) is 3. The quantitative estimate of drug-likeness (QED) is 0.660. The minimum absolute atomic E-state index is 0.0576. The van der Waals surface area contributed by atoms with Gasteiger partial charge in [0.25, 0.3) is 0 Å². The Morgan fingerprint density at radius 2 is 1.93 bits per heavy atom. The Morgan fingerprint density at radius 1 is 1.14 bits per heavy atom. The summed E-state index contributed by atoms with van der Waals surface area (Å²) in [5, 5.41) is 8.24. The third kappa shape index (κ3) is 4.28. The van der Waals surface area contributed by atoms with Crippen LogP contribution in [0.3, 0.4) is 0 Å². The summed E-state index contributed by atoms with van der Waals surface area (Å²) in [5.41, 5.74) is 1.64. The van der Waals surface area contributed by atoms with Crippen LogP contribution in [0.5, 0.6) is 0 Å². The van der Waals surface area contributed by atoms with E-state index in [9.17, 15) is 9.59 Å². The molecule has 2 aromatic carbocycles. The lowest BCUT2D eigenvalue weighted by atomic mass is 10.1. The molecular weight excluding hydrogens is 411 g/mol. The van der Waals surface area contributed by atoms with E-state index >= 15 is 0 Å². The number of aromatic nitrogens is 2. The van der Waals surface area contributed by atoms with Crippen LogP contribution in [0.4, 0.5) is 11.5 Å². The summed E-state index contributed by atoms with van der Waals surface area (Å²) in [4.78, 5) is 26.8. The average molecular weight is 429 g/mol. The molecule has 8 heteroatoms. The molecule has 1 aliphatic rings. The van der Waals surface area contributed by atoms with E-state index in [1.165, 1.54) is 0 Å². The van der Waals surface area contributed by atoms with Crippen LogP contribution in [0.1, 0.15) is 12.0 Å². The maximum atomic E-state index is 12.8. The highest BCUT2D eigenvalue weighted by atomic mass is 35.5. The van der Waals surface area contributed by atoms with Crippen molar-refractivity contribution >= 4 is 46.5 Å². The minimum Gasteiger partial charge on any atom is -0.312 e. The predicted molar refractivity (Wildman–Crippen MR) is 113 cm³/mol.